The fraction of sp³-hybridized carbons (Fsp3) is 0.182. The van der Waals surface area contributed by atoms with E-state index in [9.17, 15) is 9.59 Å². The average molecular weight is 380 g/mol. The lowest BCUT2D eigenvalue weighted by molar-refractivity contribution is -0.703. The van der Waals surface area contributed by atoms with Crippen LogP contribution in [0.2, 0.25) is 0 Å². The molecule has 0 aliphatic rings. The van der Waals surface area contributed by atoms with E-state index in [4.69, 9.17) is 0 Å². The third-order valence-corrected chi connectivity index (χ3v) is 5.40. The summed E-state index contributed by atoms with van der Waals surface area (Å²) in [6.07, 6.45) is 0. The maximum atomic E-state index is 12.7. The minimum absolute atomic E-state index is 0.0208. The molecule has 2 atom stereocenters. The van der Waals surface area contributed by atoms with Gasteiger partial charge < -0.3 is 10.6 Å². The van der Waals surface area contributed by atoms with Gasteiger partial charge in [0.2, 0.25) is 0 Å². The number of quaternary nitrogens is 1. The minimum Gasteiger partial charge on any atom is -0.326 e. The zero-order valence-corrected chi connectivity index (χ0v) is 16.2. The molecule has 4 nitrogen and oxygen atoms in total. The molecule has 0 unspecified atom stereocenters. The molecule has 1 aromatic heterocycles. The van der Waals surface area contributed by atoms with E-state index in [1.807, 2.05) is 31.2 Å². The molecule has 0 saturated carbocycles. The second-order valence-electron chi connectivity index (χ2n) is 6.51. The van der Waals surface area contributed by atoms with Crippen LogP contribution >= 0.6 is 11.3 Å². The van der Waals surface area contributed by atoms with Gasteiger partial charge in [0.05, 0.1) is 4.88 Å². The van der Waals surface area contributed by atoms with Crippen LogP contribution in [-0.4, -0.2) is 17.7 Å². The Morgan fingerprint density at radius 3 is 2.44 bits per heavy atom. The van der Waals surface area contributed by atoms with Crippen LogP contribution in [-0.2, 0) is 4.79 Å². The Labute approximate surface area is 163 Å². The molecule has 1 heterocycles. The number of Topliss-reactive ketones (excluding diaryl/α,β-unsaturated/α-hetero) is 1. The fourth-order valence-electron chi connectivity index (χ4n) is 2.95. The first kappa shape index (κ1) is 19.0. The van der Waals surface area contributed by atoms with Crippen LogP contribution in [0.5, 0.6) is 0 Å². The van der Waals surface area contributed by atoms with Gasteiger partial charge in [0.1, 0.15) is 6.04 Å². The predicted molar refractivity (Wildman–Crippen MR) is 109 cm³/mol. The summed E-state index contributed by atoms with van der Waals surface area (Å²) in [4.78, 5) is 25.4. The summed E-state index contributed by atoms with van der Waals surface area (Å²) >= 11 is 1.69. The van der Waals surface area contributed by atoms with Crippen LogP contribution in [0, 0.1) is 0 Å². The normalized spacial score (nSPS) is 13.0. The molecule has 0 aliphatic heterocycles. The van der Waals surface area contributed by atoms with Gasteiger partial charge in [0, 0.05) is 16.8 Å². The number of benzene rings is 2. The molecule has 0 aliphatic carbocycles. The summed E-state index contributed by atoms with van der Waals surface area (Å²) in [5.74, 6) is -0.110. The van der Waals surface area contributed by atoms with E-state index < -0.39 is 0 Å². The molecule has 0 fully saturated rings. The Balaban J connectivity index is 1.74. The van der Waals surface area contributed by atoms with Crippen molar-refractivity contribution in [2.75, 3.05) is 5.32 Å². The zero-order chi connectivity index (χ0) is 19.2. The summed E-state index contributed by atoms with van der Waals surface area (Å²) in [7, 11) is 0. The highest BCUT2D eigenvalue weighted by Crippen LogP contribution is 2.22. The van der Waals surface area contributed by atoms with Gasteiger partial charge in [-0.15, -0.1) is 11.3 Å². The van der Waals surface area contributed by atoms with Crippen LogP contribution in [0.25, 0.3) is 0 Å². The van der Waals surface area contributed by atoms with Gasteiger partial charge in [0.25, 0.3) is 5.91 Å². The van der Waals surface area contributed by atoms with Crippen molar-refractivity contribution in [1.82, 2.24) is 0 Å². The van der Waals surface area contributed by atoms with E-state index in [0.717, 1.165) is 5.56 Å². The maximum absolute atomic E-state index is 12.7. The lowest BCUT2D eigenvalue weighted by Gasteiger charge is -2.19. The van der Waals surface area contributed by atoms with Crippen LogP contribution in [0.1, 0.15) is 40.7 Å². The highest BCUT2D eigenvalue weighted by molar-refractivity contribution is 7.10. The lowest BCUT2D eigenvalue weighted by atomic mass is 10.0. The van der Waals surface area contributed by atoms with E-state index in [0.29, 0.717) is 11.3 Å². The largest absolute Gasteiger partial charge is 0.326 e. The van der Waals surface area contributed by atoms with Gasteiger partial charge in [-0.2, -0.15) is 0 Å². The maximum Gasteiger partial charge on any atom is 0.282 e. The van der Waals surface area contributed by atoms with Crippen molar-refractivity contribution in [3.05, 3.63) is 88.1 Å². The molecule has 3 N–H and O–H groups in total. The molecular formula is C22H23N2O2S+. The predicted octanol–water partition coefficient (Wildman–Crippen LogP) is 3.63. The number of nitrogens with one attached hydrogen (secondary N) is 1. The molecule has 1 amide bonds. The standard InChI is InChI=1S/C22H22N2O2S/c1-15(22(26)24-19-11-6-10-18(14-19)16(2)25)23-21(20-12-7-13-27-20)17-8-4-3-5-9-17/h3-15,21,23H,1-2H3,(H,24,26)/p+1/t15-,21+/m1/s1. The fourth-order valence-corrected chi connectivity index (χ4v) is 3.78. The Kier molecular flexibility index (Phi) is 6.16. The molecule has 138 valence electrons. The second-order valence-corrected chi connectivity index (χ2v) is 7.49. The summed E-state index contributed by atoms with van der Waals surface area (Å²) in [6.45, 7) is 3.41. The SMILES string of the molecule is CC(=O)c1cccc(NC(=O)[C@@H](C)[NH2+][C@@H](c2ccccc2)c2cccs2)c1. The third-order valence-electron chi connectivity index (χ3n) is 4.44. The van der Waals surface area contributed by atoms with E-state index in [1.54, 1.807) is 35.6 Å². The molecule has 2 aromatic carbocycles. The molecular weight excluding hydrogens is 356 g/mol. The number of anilines is 1. The number of carbonyl (C=O) groups excluding carboxylic acids is 2. The summed E-state index contributed by atoms with van der Waals surface area (Å²) in [5.41, 5.74) is 2.39. The first-order chi connectivity index (χ1) is 13.0. The first-order valence-corrected chi connectivity index (χ1v) is 9.78. The van der Waals surface area contributed by atoms with Gasteiger partial charge in [-0.05, 0) is 37.4 Å². The number of carbonyl (C=O) groups is 2. The number of nitrogens with two attached hydrogens (primary N) is 1. The molecule has 3 aromatic rings. The van der Waals surface area contributed by atoms with E-state index in [1.165, 1.54) is 11.8 Å². The van der Waals surface area contributed by atoms with Gasteiger partial charge in [-0.3, -0.25) is 9.59 Å². The van der Waals surface area contributed by atoms with E-state index in [-0.39, 0.29) is 23.8 Å². The molecule has 5 heteroatoms. The molecule has 3 rings (SSSR count). The Morgan fingerprint density at radius 1 is 1.00 bits per heavy atom. The molecule has 0 radical (unpaired) electrons. The van der Waals surface area contributed by atoms with Crippen molar-refractivity contribution in [3.63, 3.8) is 0 Å². The van der Waals surface area contributed by atoms with Gasteiger partial charge in [-0.1, -0.05) is 48.5 Å². The smallest absolute Gasteiger partial charge is 0.282 e. The number of rotatable bonds is 7. The Morgan fingerprint density at radius 2 is 1.78 bits per heavy atom. The van der Waals surface area contributed by atoms with E-state index >= 15 is 0 Å². The summed E-state index contributed by atoms with van der Waals surface area (Å²) < 4.78 is 0. The van der Waals surface area contributed by atoms with Crippen molar-refractivity contribution < 1.29 is 14.9 Å². The van der Waals surface area contributed by atoms with Crippen molar-refractivity contribution in [1.29, 1.82) is 0 Å². The quantitative estimate of drug-likeness (QED) is 0.616. The highest BCUT2D eigenvalue weighted by atomic mass is 32.1. The zero-order valence-electron chi connectivity index (χ0n) is 15.4. The molecule has 0 saturated heterocycles. The highest BCUT2D eigenvalue weighted by Gasteiger charge is 2.25. The van der Waals surface area contributed by atoms with E-state index in [2.05, 4.69) is 34.2 Å². The van der Waals surface area contributed by atoms with Crippen molar-refractivity contribution in [3.8, 4) is 0 Å². The van der Waals surface area contributed by atoms with Gasteiger partial charge in [0.15, 0.2) is 11.8 Å². The number of ketones is 1. The second kappa shape index (κ2) is 8.75. The lowest BCUT2D eigenvalue weighted by Crippen LogP contribution is -2.92. The molecule has 27 heavy (non-hydrogen) atoms. The minimum atomic E-state index is -0.293. The van der Waals surface area contributed by atoms with Crippen molar-refractivity contribution >= 4 is 28.7 Å². The van der Waals surface area contributed by atoms with Crippen LogP contribution in [0.15, 0.2) is 72.1 Å². The average Bonchev–Trinajstić information content (AvgIpc) is 3.21. The van der Waals surface area contributed by atoms with Crippen LogP contribution in [0.3, 0.4) is 0 Å². The number of amides is 1. The Bertz CT molecular complexity index is 907. The van der Waals surface area contributed by atoms with Crippen molar-refractivity contribution in [2.24, 2.45) is 0 Å². The van der Waals surface area contributed by atoms with Gasteiger partial charge >= 0.3 is 0 Å². The number of hydrogen-bond donors (Lipinski definition) is 2. The summed E-state index contributed by atoms with van der Waals surface area (Å²) in [5, 5.41) is 7.05. The van der Waals surface area contributed by atoms with Crippen LogP contribution in [0.4, 0.5) is 5.69 Å². The molecule has 0 spiro atoms. The first-order valence-electron chi connectivity index (χ1n) is 8.90. The number of thiophene rings is 1. The third kappa shape index (κ3) is 4.90. The van der Waals surface area contributed by atoms with Crippen molar-refractivity contribution in [2.45, 2.75) is 25.9 Å². The van der Waals surface area contributed by atoms with Gasteiger partial charge in [-0.25, -0.2) is 0 Å². The van der Waals surface area contributed by atoms with Crippen LogP contribution < -0.4 is 10.6 Å². The number of hydrogen-bond acceptors (Lipinski definition) is 3. The molecule has 0 bridgehead atoms. The summed E-state index contributed by atoms with van der Waals surface area (Å²) in [6, 6.07) is 21.1. The Hall–Kier alpha value is -2.76. The topological polar surface area (TPSA) is 62.8 Å². The monoisotopic (exact) mass is 379 g/mol.